The third-order valence-electron chi connectivity index (χ3n) is 0.869. The van der Waals surface area contributed by atoms with Crippen molar-refractivity contribution in [2.24, 2.45) is 0 Å². The number of hydrogen-bond acceptors (Lipinski definition) is 2. The smallest absolute Gasteiger partial charge is 0.306 e. The van der Waals surface area contributed by atoms with Crippen LogP contribution in [-0.2, 0) is 9.53 Å². The average Bonchev–Trinajstić information content (AvgIpc) is 1.87. The Hall–Kier alpha value is -0.0500. The Labute approximate surface area is 63.7 Å². The second-order valence-electron chi connectivity index (χ2n) is 1.66. The van der Waals surface area contributed by atoms with Crippen LogP contribution in [0.4, 0.5) is 0 Å². The highest BCUT2D eigenvalue weighted by atomic mass is 79.9. The van der Waals surface area contributed by atoms with Crippen LogP contribution in [0.3, 0.4) is 0 Å². The van der Waals surface area contributed by atoms with Gasteiger partial charge in [0, 0.05) is 6.42 Å². The maximum absolute atomic E-state index is 10.5. The molecule has 0 aromatic rings. The maximum Gasteiger partial charge on any atom is 0.306 e. The van der Waals surface area contributed by atoms with Gasteiger partial charge in [0.15, 0.2) is 5.01 Å². The molecule has 0 aromatic carbocycles. The summed E-state index contributed by atoms with van der Waals surface area (Å²) in [5.74, 6) is -0.154. The lowest BCUT2D eigenvalue weighted by Crippen LogP contribution is -2.09. The van der Waals surface area contributed by atoms with Gasteiger partial charge < -0.3 is 4.74 Å². The van der Waals surface area contributed by atoms with Gasteiger partial charge in [0.25, 0.3) is 0 Å². The Morgan fingerprint density at radius 1 is 1.67 bits per heavy atom. The predicted molar refractivity (Wildman–Crippen MR) is 39.4 cm³/mol. The fourth-order valence-corrected chi connectivity index (χ4v) is 0.518. The summed E-state index contributed by atoms with van der Waals surface area (Å²) in [5, 5.41) is -0.107. The first-order chi connectivity index (χ1) is 4.20. The van der Waals surface area contributed by atoms with E-state index >= 15 is 0 Å². The number of ether oxygens (including phenoxy) is 1. The fourth-order valence-electron chi connectivity index (χ4n) is 0.309. The highest BCUT2D eigenvalue weighted by molar-refractivity contribution is 9.09. The van der Waals surface area contributed by atoms with Gasteiger partial charge in [-0.15, -0.1) is 0 Å². The Kier molecular flexibility index (Phi) is 4.77. The molecular formula is C6H11BrO2. The standard InChI is InChI=1S/C6H11BrO2/c1-3-5(7)9-6(8)4-2/h5H,3-4H2,1-2H3. The van der Waals surface area contributed by atoms with Crippen LogP contribution in [0.1, 0.15) is 26.7 Å². The van der Waals surface area contributed by atoms with Crippen LogP contribution < -0.4 is 0 Å². The summed E-state index contributed by atoms with van der Waals surface area (Å²) in [6, 6.07) is 0. The minimum atomic E-state index is -0.154. The van der Waals surface area contributed by atoms with Gasteiger partial charge in [-0.1, -0.05) is 13.8 Å². The van der Waals surface area contributed by atoms with Crippen molar-refractivity contribution in [3.05, 3.63) is 0 Å². The first-order valence-electron chi connectivity index (χ1n) is 3.04. The summed E-state index contributed by atoms with van der Waals surface area (Å²) in [6.45, 7) is 3.72. The van der Waals surface area contributed by atoms with Crippen molar-refractivity contribution in [3.8, 4) is 0 Å². The van der Waals surface area contributed by atoms with E-state index in [0.717, 1.165) is 6.42 Å². The van der Waals surface area contributed by atoms with Crippen molar-refractivity contribution >= 4 is 21.9 Å². The quantitative estimate of drug-likeness (QED) is 0.509. The van der Waals surface area contributed by atoms with Crippen LogP contribution in [0, 0.1) is 0 Å². The number of carbonyl (C=O) groups excluding carboxylic acids is 1. The molecule has 3 heteroatoms. The molecule has 0 saturated carbocycles. The largest absolute Gasteiger partial charge is 0.451 e. The lowest BCUT2D eigenvalue weighted by atomic mass is 10.5. The normalized spacial score (nSPS) is 12.8. The number of hydrogen-bond donors (Lipinski definition) is 0. The summed E-state index contributed by atoms with van der Waals surface area (Å²) < 4.78 is 4.83. The van der Waals surface area contributed by atoms with E-state index < -0.39 is 0 Å². The van der Waals surface area contributed by atoms with Crippen molar-refractivity contribution in [1.29, 1.82) is 0 Å². The van der Waals surface area contributed by atoms with Crippen molar-refractivity contribution in [1.82, 2.24) is 0 Å². The Morgan fingerprint density at radius 2 is 2.22 bits per heavy atom. The molecule has 0 spiro atoms. The van der Waals surface area contributed by atoms with Crippen LogP contribution in [0.2, 0.25) is 0 Å². The fraction of sp³-hybridized carbons (Fsp3) is 0.833. The van der Waals surface area contributed by atoms with E-state index in [1.165, 1.54) is 0 Å². The zero-order chi connectivity index (χ0) is 7.28. The molecular weight excluding hydrogens is 184 g/mol. The van der Waals surface area contributed by atoms with Crippen LogP contribution in [0.5, 0.6) is 0 Å². The number of halogens is 1. The molecule has 54 valence electrons. The number of carbonyl (C=O) groups is 1. The molecule has 2 nitrogen and oxygen atoms in total. The summed E-state index contributed by atoms with van der Waals surface area (Å²) in [7, 11) is 0. The Bertz CT molecular complexity index is 93.1. The first-order valence-corrected chi connectivity index (χ1v) is 3.95. The third kappa shape index (κ3) is 4.45. The van der Waals surface area contributed by atoms with Gasteiger partial charge in [0.2, 0.25) is 0 Å². The first kappa shape index (κ1) is 8.95. The van der Waals surface area contributed by atoms with Crippen molar-refractivity contribution in [3.63, 3.8) is 0 Å². The van der Waals surface area contributed by atoms with E-state index in [0.29, 0.717) is 6.42 Å². The van der Waals surface area contributed by atoms with Crippen LogP contribution in [0.25, 0.3) is 0 Å². The molecule has 0 fully saturated rings. The van der Waals surface area contributed by atoms with E-state index in [4.69, 9.17) is 4.74 Å². The molecule has 0 aliphatic heterocycles. The van der Waals surface area contributed by atoms with Crippen LogP contribution in [0.15, 0.2) is 0 Å². The van der Waals surface area contributed by atoms with Crippen LogP contribution in [-0.4, -0.2) is 11.0 Å². The number of esters is 1. The zero-order valence-electron chi connectivity index (χ0n) is 5.69. The van der Waals surface area contributed by atoms with Gasteiger partial charge >= 0.3 is 5.97 Å². The van der Waals surface area contributed by atoms with Gasteiger partial charge in [0.05, 0.1) is 0 Å². The molecule has 1 atom stereocenters. The van der Waals surface area contributed by atoms with Gasteiger partial charge in [0.1, 0.15) is 0 Å². The molecule has 0 rings (SSSR count). The van der Waals surface area contributed by atoms with Crippen molar-refractivity contribution in [2.45, 2.75) is 31.7 Å². The molecule has 9 heavy (non-hydrogen) atoms. The third-order valence-corrected chi connectivity index (χ3v) is 1.70. The van der Waals surface area contributed by atoms with Gasteiger partial charge in [-0.05, 0) is 22.4 Å². The summed E-state index contributed by atoms with van der Waals surface area (Å²) in [5.41, 5.74) is 0. The lowest BCUT2D eigenvalue weighted by Gasteiger charge is -2.06. The summed E-state index contributed by atoms with van der Waals surface area (Å²) in [6.07, 6.45) is 1.26. The Morgan fingerprint density at radius 3 is 2.56 bits per heavy atom. The average molecular weight is 195 g/mol. The molecule has 0 radical (unpaired) electrons. The van der Waals surface area contributed by atoms with E-state index in [1.54, 1.807) is 6.92 Å². The predicted octanol–water partition coefficient (Wildman–Crippen LogP) is 2.07. The van der Waals surface area contributed by atoms with E-state index in [2.05, 4.69) is 15.9 Å². The number of rotatable bonds is 3. The maximum atomic E-state index is 10.5. The Balaban J connectivity index is 3.34. The monoisotopic (exact) mass is 194 g/mol. The van der Waals surface area contributed by atoms with Gasteiger partial charge in [-0.2, -0.15) is 0 Å². The SMILES string of the molecule is CCC(=O)OC(Br)CC. The highest BCUT2D eigenvalue weighted by Gasteiger charge is 2.04. The second-order valence-corrected chi connectivity index (χ2v) is 2.68. The molecule has 0 aliphatic carbocycles. The molecule has 0 saturated heterocycles. The topological polar surface area (TPSA) is 26.3 Å². The molecule has 0 aromatic heterocycles. The molecule has 0 amide bonds. The minimum absolute atomic E-state index is 0.107. The van der Waals surface area contributed by atoms with Crippen molar-refractivity contribution < 1.29 is 9.53 Å². The zero-order valence-corrected chi connectivity index (χ0v) is 7.27. The second kappa shape index (κ2) is 4.79. The van der Waals surface area contributed by atoms with Gasteiger partial charge in [-0.25, -0.2) is 0 Å². The summed E-state index contributed by atoms with van der Waals surface area (Å²) in [4.78, 5) is 10.5. The number of alkyl halides is 1. The molecule has 1 unspecified atom stereocenters. The van der Waals surface area contributed by atoms with E-state index in [9.17, 15) is 4.79 Å². The van der Waals surface area contributed by atoms with Crippen molar-refractivity contribution in [2.75, 3.05) is 0 Å². The molecule has 0 bridgehead atoms. The van der Waals surface area contributed by atoms with E-state index in [1.807, 2.05) is 6.92 Å². The van der Waals surface area contributed by atoms with Gasteiger partial charge in [-0.3, -0.25) is 4.79 Å². The van der Waals surface area contributed by atoms with E-state index in [-0.39, 0.29) is 11.0 Å². The minimum Gasteiger partial charge on any atom is -0.451 e. The summed E-state index contributed by atoms with van der Waals surface area (Å²) >= 11 is 3.18. The molecule has 0 aliphatic rings. The molecule has 0 heterocycles. The highest BCUT2D eigenvalue weighted by Crippen LogP contribution is 2.06. The lowest BCUT2D eigenvalue weighted by molar-refractivity contribution is -0.144. The molecule has 0 N–H and O–H groups in total. The van der Waals surface area contributed by atoms with Crippen LogP contribution >= 0.6 is 15.9 Å².